The van der Waals surface area contributed by atoms with Gasteiger partial charge in [0.05, 0.1) is 12.6 Å². The van der Waals surface area contributed by atoms with E-state index < -0.39 is 46.9 Å². The van der Waals surface area contributed by atoms with E-state index in [1.165, 1.54) is 11.8 Å². The number of alkyl carbamates (subject to hydrolysis) is 1. The lowest BCUT2D eigenvalue weighted by molar-refractivity contribution is -0.156. The SMILES string of the molecule is CC(=O)OCC1=C(C(=O)OCCCN=[N+]=[N-])N2C(=O)[C@H](NC(=O)OC(C)(C)C)[C@@H]2C(S)C1. The van der Waals surface area contributed by atoms with Gasteiger partial charge in [-0.05, 0) is 44.7 Å². The quantitative estimate of drug-likeness (QED) is 0.0801. The van der Waals surface area contributed by atoms with Gasteiger partial charge in [0.1, 0.15) is 23.9 Å². The summed E-state index contributed by atoms with van der Waals surface area (Å²) in [6.45, 7) is 6.24. The van der Waals surface area contributed by atoms with Gasteiger partial charge in [-0.25, -0.2) is 9.59 Å². The molecule has 0 aromatic heterocycles. The van der Waals surface area contributed by atoms with Crippen LogP contribution in [0.1, 0.15) is 40.5 Å². The summed E-state index contributed by atoms with van der Waals surface area (Å²) in [5.41, 5.74) is 7.92. The molecule has 0 saturated carbocycles. The molecule has 0 aromatic rings. The average Bonchev–Trinajstić information content (AvgIpc) is 2.68. The van der Waals surface area contributed by atoms with Gasteiger partial charge < -0.3 is 19.5 Å². The van der Waals surface area contributed by atoms with Crippen molar-refractivity contribution < 1.29 is 33.4 Å². The van der Waals surface area contributed by atoms with Crippen molar-refractivity contribution >= 4 is 36.6 Å². The third-order valence-electron chi connectivity index (χ3n) is 4.58. The maximum Gasteiger partial charge on any atom is 0.408 e. The predicted octanol–water partition coefficient (Wildman–Crippen LogP) is 1.85. The smallest absolute Gasteiger partial charge is 0.408 e. The van der Waals surface area contributed by atoms with Crippen molar-refractivity contribution in [2.24, 2.45) is 5.11 Å². The monoisotopic (exact) mass is 469 g/mol. The Morgan fingerprint density at radius 3 is 2.59 bits per heavy atom. The van der Waals surface area contributed by atoms with Crippen molar-refractivity contribution in [1.82, 2.24) is 10.2 Å². The fourth-order valence-corrected chi connectivity index (χ4v) is 3.88. The minimum Gasteiger partial charge on any atom is -0.461 e. The number of hydrogen-bond acceptors (Lipinski definition) is 9. The van der Waals surface area contributed by atoms with Gasteiger partial charge in [0.25, 0.3) is 5.91 Å². The molecule has 2 aliphatic heterocycles. The first-order chi connectivity index (χ1) is 15.0. The molecular weight excluding hydrogens is 442 g/mol. The van der Waals surface area contributed by atoms with Crippen molar-refractivity contribution in [1.29, 1.82) is 0 Å². The van der Waals surface area contributed by atoms with Crippen LogP contribution in [0, 0.1) is 0 Å². The largest absolute Gasteiger partial charge is 0.461 e. The molecule has 0 bridgehead atoms. The molecule has 32 heavy (non-hydrogen) atoms. The Morgan fingerprint density at radius 2 is 2.00 bits per heavy atom. The first-order valence-corrected chi connectivity index (χ1v) is 10.5. The van der Waals surface area contributed by atoms with E-state index in [-0.39, 0.29) is 31.9 Å². The van der Waals surface area contributed by atoms with Gasteiger partial charge in [-0.3, -0.25) is 14.5 Å². The Balaban J connectivity index is 2.20. The number of fused-ring (bicyclic) bond motifs is 1. The minimum atomic E-state index is -0.921. The van der Waals surface area contributed by atoms with E-state index >= 15 is 0 Å². The van der Waals surface area contributed by atoms with E-state index in [4.69, 9.17) is 19.7 Å². The van der Waals surface area contributed by atoms with Gasteiger partial charge in [0, 0.05) is 23.6 Å². The van der Waals surface area contributed by atoms with Gasteiger partial charge in [0.2, 0.25) is 0 Å². The van der Waals surface area contributed by atoms with Gasteiger partial charge >= 0.3 is 18.0 Å². The maximum absolute atomic E-state index is 12.9. The highest BCUT2D eigenvalue weighted by Crippen LogP contribution is 2.39. The molecule has 0 radical (unpaired) electrons. The van der Waals surface area contributed by atoms with E-state index in [0.717, 1.165) is 0 Å². The van der Waals surface area contributed by atoms with E-state index in [2.05, 4.69) is 28.0 Å². The Hall–Kier alpha value is -2.92. The number of hydrogen-bond donors (Lipinski definition) is 2. The maximum atomic E-state index is 12.9. The molecule has 0 aliphatic carbocycles. The summed E-state index contributed by atoms with van der Waals surface area (Å²) in [4.78, 5) is 52.9. The van der Waals surface area contributed by atoms with Crippen LogP contribution in [0.5, 0.6) is 0 Å². The fourth-order valence-electron chi connectivity index (χ4n) is 3.36. The standard InChI is InChI=1S/C19H27N5O7S/c1-10(25)30-9-11-8-12(32)15-13(22-18(28)31-19(2,3)4)16(26)24(15)14(11)17(27)29-7-5-6-21-23-20/h12-13,15,32H,5-9H2,1-4H3,(H,22,28)/t12?,13-,15+/m1/s1. The Kier molecular flexibility index (Phi) is 8.39. The van der Waals surface area contributed by atoms with Crippen LogP contribution in [0.3, 0.4) is 0 Å². The molecule has 2 rings (SSSR count). The molecule has 2 aliphatic rings. The molecule has 2 amide bonds. The second kappa shape index (κ2) is 10.6. The highest BCUT2D eigenvalue weighted by Gasteiger charge is 2.57. The van der Waals surface area contributed by atoms with Crippen molar-refractivity contribution in [2.45, 2.75) is 63.5 Å². The zero-order valence-corrected chi connectivity index (χ0v) is 19.3. The average molecular weight is 470 g/mol. The first kappa shape index (κ1) is 25.3. The highest BCUT2D eigenvalue weighted by molar-refractivity contribution is 7.81. The van der Waals surface area contributed by atoms with Crippen LogP contribution in [-0.2, 0) is 28.6 Å². The van der Waals surface area contributed by atoms with Gasteiger partial charge in [-0.15, -0.1) is 0 Å². The minimum absolute atomic E-state index is 0.0290. The summed E-state index contributed by atoms with van der Waals surface area (Å²) in [5, 5.41) is 5.47. The van der Waals surface area contributed by atoms with Crippen LogP contribution in [0.4, 0.5) is 4.79 Å². The van der Waals surface area contributed by atoms with Crippen molar-refractivity contribution in [3.63, 3.8) is 0 Å². The lowest BCUT2D eigenvalue weighted by atomic mass is 9.83. The normalized spacial score (nSPS) is 22.2. The van der Waals surface area contributed by atoms with E-state index in [1.54, 1.807) is 20.8 Å². The molecule has 0 spiro atoms. The summed E-state index contributed by atoms with van der Waals surface area (Å²) < 4.78 is 15.5. The molecular formula is C19H27N5O7S. The Bertz CT molecular complexity index is 863. The molecule has 13 heteroatoms. The molecule has 12 nitrogen and oxygen atoms in total. The van der Waals surface area contributed by atoms with Gasteiger partial charge in [0.15, 0.2) is 0 Å². The second-order valence-corrected chi connectivity index (χ2v) is 8.93. The van der Waals surface area contributed by atoms with E-state index in [9.17, 15) is 19.2 Å². The molecule has 1 fully saturated rings. The number of ether oxygens (including phenoxy) is 3. The molecule has 176 valence electrons. The number of thiol groups is 1. The van der Waals surface area contributed by atoms with Gasteiger partial charge in [-0.2, -0.15) is 12.6 Å². The number of carbonyl (C=O) groups is 4. The number of nitrogens with zero attached hydrogens (tertiary/aromatic N) is 4. The van der Waals surface area contributed by atoms with Crippen LogP contribution in [-0.4, -0.2) is 71.5 Å². The van der Waals surface area contributed by atoms with Gasteiger partial charge in [-0.1, -0.05) is 5.11 Å². The van der Waals surface area contributed by atoms with Crippen molar-refractivity contribution in [2.75, 3.05) is 19.8 Å². The number of azide groups is 1. The molecule has 1 N–H and O–H groups in total. The fraction of sp³-hybridized carbons (Fsp3) is 0.684. The molecule has 1 unspecified atom stereocenters. The number of nitrogens with one attached hydrogen (secondary N) is 1. The van der Waals surface area contributed by atoms with E-state index in [0.29, 0.717) is 12.0 Å². The highest BCUT2D eigenvalue weighted by atomic mass is 32.1. The van der Waals surface area contributed by atoms with Crippen molar-refractivity contribution in [3.8, 4) is 0 Å². The van der Waals surface area contributed by atoms with Crippen LogP contribution >= 0.6 is 12.6 Å². The third-order valence-corrected chi connectivity index (χ3v) is 5.07. The van der Waals surface area contributed by atoms with Crippen LogP contribution in [0.15, 0.2) is 16.4 Å². The van der Waals surface area contributed by atoms with Crippen LogP contribution in [0.2, 0.25) is 0 Å². The summed E-state index contributed by atoms with van der Waals surface area (Å²) in [7, 11) is 0. The second-order valence-electron chi connectivity index (χ2n) is 8.27. The zero-order chi connectivity index (χ0) is 24.1. The molecule has 1 saturated heterocycles. The van der Waals surface area contributed by atoms with Crippen molar-refractivity contribution in [3.05, 3.63) is 21.7 Å². The van der Waals surface area contributed by atoms with Crippen LogP contribution < -0.4 is 5.32 Å². The summed E-state index contributed by atoms with van der Waals surface area (Å²) in [5.74, 6) is -1.85. The number of carbonyl (C=O) groups excluding carboxylic acids is 4. The Labute approximate surface area is 190 Å². The summed E-state index contributed by atoms with van der Waals surface area (Å²) in [6, 6.07) is -1.53. The molecule has 3 atom stereocenters. The zero-order valence-electron chi connectivity index (χ0n) is 18.4. The lowest BCUT2D eigenvalue weighted by Crippen LogP contribution is -2.75. The summed E-state index contributed by atoms with van der Waals surface area (Å²) >= 11 is 4.54. The number of rotatable bonds is 8. The van der Waals surface area contributed by atoms with Crippen LogP contribution in [0.25, 0.3) is 10.4 Å². The molecule has 0 aromatic carbocycles. The summed E-state index contributed by atoms with van der Waals surface area (Å²) in [6.07, 6.45) is -0.217. The topological polar surface area (TPSA) is 160 Å². The molecule has 2 heterocycles. The Morgan fingerprint density at radius 1 is 1.31 bits per heavy atom. The van der Waals surface area contributed by atoms with E-state index in [1.807, 2.05) is 0 Å². The third kappa shape index (κ3) is 6.30. The number of amides is 2. The number of esters is 2. The number of β-lactam (4-membered cyclic amide) rings is 1. The predicted molar refractivity (Wildman–Crippen MR) is 114 cm³/mol. The first-order valence-electron chi connectivity index (χ1n) is 10.00. The lowest BCUT2D eigenvalue weighted by Gasteiger charge is -2.52.